The number of carbonyl (C=O) groups excluding carboxylic acids is 2. The van der Waals surface area contributed by atoms with Crippen molar-refractivity contribution in [1.29, 1.82) is 0 Å². The van der Waals surface area contributed by atoms with E-state index in [0.717, 1.165) is 16.2 Å². The van der Waals surface area contributed by atoms with Crippen LogP contribution in [0.2, 0.25) is 0 Å². The Bertz CT molecular complexity index is 828. The molecule has 2 rings (SSSR count). The maximum absolute atomic E-state index is 13.1. The summed E-state index contributed by atoms with van der Waals surface area (Å²) in [5.74, 6) is -2.15. The summed E-state index contributed by atoms with van der Waals surface area (Å²) in [7, 11) is 0. The lowest BCUT2D eigenvalue weighted by Gasteiger charge is -2.10. The first-order chi connectivity index (χ1) is 11.7. The predicted molar refractivity (Wildman–Crippen MR) is 87.1 cm³/mol. The second-order valence-corrected chi connectivity index (χ2v) is 6.31. The Labute approximate surface area is 144 Å². The molecule has 0 spiro atoms. The molecule has 1 heterocycles. The molecule has 9 heteroatoms. The molecule has 1 aromatic carbocycles. The summed E-state index contributed by atoms with van der Waals surface area (Å²) >= 11 is 1.08. The largest absolute Gasteiger partial charge is 0.507 e. The van der Waals surface area contributed by atoms with Crippen LogP contribution in [0.25, 0.3) is 0 Å². The third kappa shape index (κ3) is 4.90. The third-order valence-corrected chi connectivity index (χ3v) is 4.15. The molecule has 0 aliphatic heterocycles. The lowest BCUT2D eigenvalue weighted by molar-refractivity contribution is -0.0605. The van der Waals surface area contributed by atoms with E-state index in [1.54, 1.807) is 18.4 Å². The van der Waals surface area contributed by atoms with E-state index in [1.807, 2.05) is 0 Å². The first kappa shape index (κ1) is 18.7. The molecule has 0 atom stereocenters. The average Bonchev–Trinajstić information content (AvgIpc) is 2.97. The minimum atomic E-state index is -4.88. The van der Waals surface area contributed by atoms with Crippen LogP contribution in [0, 0.1) is 6.92 Å². The van der Waals surface area contributed by atoms with E-state index in [-0.39, 0.29) is 10.4 Å². The van der Waals surface area contributed by atoms with Crippen LogP contribution in [0.5, 0.6) is 5.75 Å². The number of amides is 1. The molecule has 132 valence electrons. The van der Waals surface area contributed by atoms with Gasteiger partial charge in [-0.25, -0.2) is 5.43 Å². The number of Topliss-reactive ketones (excluding diaryl/α,β-unsaturated/α-hetero) is 1. The molecule has 25 heavy (non-hydrogen) atoms. The Hall–Kier alpha value is -2.68. The number of hydrazone groups is 1. The van der Waals surface area contributed by atoms with Crippen molar-refractivity contribution in [2.75, 3.05) is 0 Å². The van der Waals surface area contributed by atoms with Crippen molar-refractivity contribution >= 4 is 28.7 Å². The van der Waals surface area contributed by atoms with Gasteiger partial charge in [0.2, 0.25) is 0 Å². The number of phenolic OH excluding ortho intramolecular Hbond substituents is 1. The summed E-state index contributed by atoms with van der Waals surface area (Å²) in [6.45, 7) is 1.73. The van der Waals surface area contributed by atoms with Crippen LogP contribution in [0.3, 0.4) is 0 Å². The van der Waals surface area contributed by atoms with Crippen LogP contribution in [0.1, 0.15) is 31.3 Å². The Morgan fingerprint density at radius 2 is 1.88 bits per heavy atom. The Kier molecular flexibility index (Phi) is 5.58. The van der Waals surface area contributed by atoms with E-state index in [4.69, 9.17) is 0 Å². The normalized spacial score (nSPS) is 12.1. The zero-order chi connectivity index (χ0) is 18.6. The number of hydrogen-bond acceptors (Lipinski definition) is 5. The number of aromatic hydroxyl groups is 1. The van der Waals surface area contributed by atoms with Crippen LogP contribution in [-0.2, 0) is 0 Å². The summed E-state index contributed by atoms with van der Waals surface area (Å²) in [4.78, 5) is 24.8. The number of benzene rings is 1. The minimum Gasteiger partial charge on any atom is -0.507 e. The van der Waals surface area contributed by atoms with Crippen molar-refractivity contribution in [1.82, 2.24) is 5.43 Å². The number of thiophene rings is 1. The fourth-order valence-electron chi connectivity index (χ4n) is 1.87. The van der Waals surface area contributed by atoms with Gasteiger partial charge in [-0.2, -0.15) is 18.3 Å². The van der Waals surface area contributed by atoms with Gasteiger partial charge in [-0.1, -0.05) is 12.1 Å². The molecule has 0 saturated heterocycles. The molecule has 0 unspecified atom stereocenters. The molecule has 0 radical (unpaired) electrons. The van der Waals surface area contributed by atoms with Crippen molar-refractivity contribution in [3.8, 4) is 5.75 Å². The van der Waals surface area contributed by atoms with Crippen molar-refractivity contribution in [3.05, 3.63) is 51.7 Å². The van der Waals surface area contributed by atoms with Crippen molar-refractivity contribution in [3.63, 3.8) is 0 Å². The van der Waals surface area contributed by atoms with Gasteiger partial charge in [0.1, 0.15) is 11.5 Å². The molecule has 1 amide bonds. The molecule has 5 nitrogen and oxygen atoms in total. The van der Waals surface area contributed by atoms with Gasteiger partial charge in [-0.15, -0.1) is 11.3 Å². The zero-order valence-corrected chi connectivity index (χ0v) is 13.7. The quantitative estimate of drug-likeness (QED) is 0.479. The van der Waals surface area contributed by atoms with E-state index < -0.39 is 35.7 Å². The third-order valence-electron chi connectivity index (χ3n) is 3.11. The Balaban J connectivity index is 2.17. The topological polar surface area (TPSA) is 78.8 Å². The molecule has 2 N–H and O–H groups in total. The van der Waals surface area contributed by atoms with Gasteiger partial charge >= 0.3 is 6.18 Å². The van der Waals surface area contributed by atoms with Gasteiger partial charge in [0.15, 0.2) is 5.78 Å². The van der Waals surface area contributed by atoms with Crippen molar-refractivity contribution in [2.45, 2.75) is 19.5 Å². The molecule has 0 bridgehead atoms. The molecule has 0 aliphatic rings. The van der Waals surface area contributed by atoms with Crippen LogP contribution in [0.4, 0.5) is 13.2 Å². The van der Waals surface area contributed by atoms with E-state index >= 15 is 0 Å². The average molecular weight is 370 g/mol. The van der Waals surface area contributed by atoms with Crippen LogP contribution < -0.4 is 5.43 Å². The van der Waals surface area contributed by atoms with Crippen molar-refractivity contribution in [2.24, 2.45) is 5.10 Å². The number of phenols is 1. The van der Waals surface area contributed by atoms with Gasteiger partial charge in [0.25, 0.3) is 5.91 Å². The number of carbonyl (C=O) groups is 2. The monoisotopic (exact) mass is 370 g/mol. The number of nitrogens with zero attached hydrogens (tertiary/aromatic N) is 1. The number of alkyl halides is 3. The molecular formula is C16H13F3N2O3S. The number of rotatable bonds is 5. The first-order valence-corrected chi connectivity index (χ1v) is 7.82. The van der Waals surface area contributed by atoms with Crippen LogP contribution >= 0.6 is 11.3 Å². The van der Waals surface area contributed by atoms with E-state index in [1.165, 1.54) is 30.3 Å². The Morgan fingerprint density at radius 1 is 1.20 bits per heavy atom. The summed E-state index contributed by atoms with van der Waals surface area (Å²) in [6, 6.07) is 8.40. The smallest absolute Gasteiger partial charge is 0.431 e. The van der Waals surface area contributed by atoms with Crippen molar-refractivity contribution < 1.29 is 27.9 Å². The summed E-state index contributed by atoms with van der Waals surface area (Å²) < 4.78 is 39.2. The molecule has 0 fully saturated rings. The molecule has 0 aliphatic carbocycles. The fourth-order valence-corrected chi connectivity index (χ4v) is 2.68. The Morgan fingerprint density at radius 3 is 2.44 bits per heavy atom. The van der Waals surface area contributed by atoms with Crippen LogP contribution in [0.15, 0.2) is 41.5 Å². The standard InChI is InChI=1S/C16H13F3N2O3S/c1-9-6-7-13(25-9)12(23)8-14(16(17,18)19)20-21-15(24)10-4-2-3-5-11(10)22/h2-7,22H,8H2,1H3,(H,21,24). The molecule has 2 aromatic rings. The number of aryl methyl sites for hydroxylation is 1. The minimum absolute atomic E-state index is 0.182. The highest BCUT2D eigenvalue weighted by Crippen LogP contribution is 2.23. The van der Waals surface area contributed by atoms with E-state index in [2.05, 4.69) is 5.10 Å². The second kappa shape index (κ2) is 7.47. The van der Waals surface area contributed by atoms with E-state index in [9.17, 15) is 27.9 Å². The highest BCUT2D eigenvalue weighted by molar-refractivity contribution is 7.14. The number of para-hydroxylation sites is 1. The van der Waals surface area contributed by atoms with Gasteiger partial charge < -0.3 is 5.11 Å². The van der Waals surface area contributed by atoms with Crippen LogP contribution in [-0.4, -0.2) is 28.7 Å². The zero-order valence-electron chi connectivity index (χ0n) is 12.9. The summed E-state index contributed by atoms with van der Waals surface area (Å²) in [6.07, 6.45) is -5.88. The van der Waals surface area contributed by atoms with Gasteiger partial charge in [0.05, 0.1) is 16.9 Å². The van der Waals surface area contributed by atoms with E-state index in [0.29, 0.717) is 0 Å². The summed E-state index contributed by atoms with van der Waals surface area (Å²) in [5.41, 5.74) is 0.0762. The SMILES string of the molecule is Cc1ccc(C(=O)CC(=NNC(=O)c2ccccc2O)C(F)(F)F)s1. The molecule has 1 aromatic heterocycles. The highest BCUT2D eigenvalue weighted by Gasteiger charge is 2.37. The van der Waals surface area contributed by atoms with Gasteiger partial charge in [-0.3, -0.25) is 9.59 Å². The second-order valence-electron chi connectivity index (χ2n) is 5.02. The molecular weight excluding hydrogens is 357 g/mol. The lowest BCUT2D eigenvalue weighted by atomic mass is 10.1. The summed E-state index contributed by atoms with van der Waals surface area (Å²) in [5, 5.41) is 12.6. The fraction of sp³-hybridized carbons (Fsp3) is 0.188. The van der Waals surface area contributed by atoms with Gasteiger partial charge in [0, 0.05) is 4.88 Å². The number of nitrogens with one attached hydrogen (secondary N) is 1. The number of ketones is 1. The maximum atomic E-state index is 13.1. The van der Waals surface area contributed by atoms with Gasteiger partial charge in [-0.05, 0) is 31.2 Å². The predicted octanol–water partition coefficient (Wildman–Crippen LogP) is 3.68. The molecule has 0 saturated carbocycles. The lowest BCUT2D eigenvalue weighted by Crippen LogP contribution is -2.30. The number of halogens is 3. The number of hydrogen-bond donors (Lipinski definition) is 2. The maximum Gasteiger partial charge on any atom is 0.431 e. The first-order valence-electron chi connectivity index (χ1n) is 7.00. The highest BCUT2D eigenvalue weighted by atomic mass is 32.1.